The van der Waals surface area contributed by atoms with Gasteiger partial charge in [-0.25, -0.2) is 4.98 Å². The molecule has 0 aliphatic carbocycles. The van der Waals surface area contributed by atoms with E-state index in [9.17, 15) is 4.79 Å². The van der Waals surface area contributed by atoms with E-state index in [-0.39, 0.29) is 11.8 Å². The van der Waals surface area contributed by atoms with Crippen LogP contribution in [0.15, 0.2) is 54.7 Å². The van der Waals surface area contributed by atoms with Crippen molar-refractivity contribution in [2.45, 2.75) is 19.8 Å². The lowest BCUT2D eigenvalue weighted by Crippen LogP contribution is -2.13. The van der Waals surface area contributed by atoms with Crippen LogP contribution >= 0.6 is 0 Å². The second-order valence-corrected chi connectivity index (χ2v) is 6.45. The van der Waals surface area contributed by atoms with E-state index in [0.717, 1.165) is 22.3 Å². The van der Waals surface area contributed by atoms with E-state index in [4.69, 9.17) is 0 Å². The Morgan fingerprint density at radius 3 is 2.73 bits per heavy atom. The van der Waals surface area contributed by atoms with Crippen molar-refractivity contribution >= 4 is 22.5 Å². The minimum Gasteiger partial charge on any atom is -0.361 e. The number of H-pyrrole nitrogens is 2. The molecule has 0 saturated heterocycles. The Hall–Kier alpha value is -3.41. The van der Waals surface area contributed by atoms with Gasteiger partial charge in [0.25, 0.3) is 5.91 Å². The normalized spacial score (nSPS) is 11.2. The first kappa shape index (κ1) is 16.1. The average molecular weight is 345 g/mol. The fourth-order valence-corrected chi connectivity index (χ4v) is 2.90. The molecule has 0 unspecified atom stereocenters. The van der Waals surface area contributed by atoms with E-state index in [2.05, 4.69) is 39.3 Å². The highest BCUT2D eigenvalue weighted by atomic mass is 16.1. The number of amides is 1. The number of rotatable bonds is 4. The van der Waals surface area contributed by atoms with Crippen molar-refractivity contribution in [1.82, 2.24) is 20.2 Å². The molecule has 0 spiro atoms. The van der Waals surface area contributed by atoms with Crippen molar-refractivity contribution in [1.29, 1.82) is 0 Å². The number of carbonyl (C=O) groups is 1. The average Bonchev–Trinajstić information content (AvgIpc) is 3.31. The first-order chi connectivity index (χ1) is 12.6. The monoisotopic (exact) mass is 345 g/mol. The Morgan fingerprint density at radius 1 is 1.08 bits per heavy atom. The number of fused-ring (bicyclic) bond motifs is 1. The van der Waals surface area contributed by atoms with Crippen molar-refractivity contribution in [3.05, 3.63) is 66.1 Å². The SMILES string of the molecule is CC(C)c1nc(-c2ccccc2NC(=O)c2cccc3cc[nH]c23)n[nH]1. The molecular weight excluding hydrogens is 326 g/mol. The predicted molar refractivity (Wildman–Crippen MR) is 102 cm³/mol. The molecule has 2 aromatic heterocycles. The molecule has 0 atom stereocenters. The van der Waals surface area contributed by atoms with Gasteiger partial charge in [-0.1, -0.05) is 38.1 Å². The van der Waals surface area contributed by atoms with Crippen LogP contribution in [-0.4, -0.2) is 26.1 Å². The van der Waals surface area contributed by atoms with E-state index in [1.807, 2.05) is 48.7 Å². The standard InChI is InChI=1S/C20H19N5O/c1-12(2)18-23-19(25-24-18)14-7-3-4-9-16(14)22-20(26)15-8-5-6-13-10-11-21-17(13)15/h3-12,21H,1-2H3,(H,22,26)(H,23,24,25). The lowest BCUT2D eigenvalue weighted by atomic mass is 10.1. The predicted octanol–water partition coefficient (Wildman–Crippen LogP) is 4.33. The number of nitrogens with zero attached hydrogens (tertiary/aromatic N) is 2. The summed E-state index contributed by atoms with van der Waals surface area (Å²) in [6.45, 7) is 4.10. The van der Waals surface area contributed by atoms with Crippen molar-refractivity contribution in [3.8, 4) is 11.4 Å². The van der Waals surface area contributed by atoms with Crippen LogP contribution in [0.4, 0.5) is 5.69 Å². The maximum absolute atomic E-state index is 12.8. The molecule has 2 heterocycles. The number of hydrogen-bond donors (Lipinski definition) is 3. The summed E-state index contributed by atoms with van der Waals surface area (Å²) in [5.74, 6) is 1.47. The summed E-state index contributed by atoms with van der Waals surface area (Å²) in [5, 5.41) is 11.2. The van der Waals surface area contributed by atoms with E-state index < -0.39 is 0 Å². The van der Waals surface area contributed by atoms with Crippen LogP contribution in [0.25, 0.3) is 22.3 Å². The molecule has 0 aliphatic heterocycles. The highest BCUT2D eigenvalue weighted by Gasteiger charge is 2.16. The zero-order chi connectivity index (χ0) is 18.1. The second kappa shape index (κ2) is 6.48. The smallest absolute Gasteiger partial charge is 0.257 e. The van der Waals surface area contributed by atoms with Gasteiger partial charge in [0.15, 0.2) is 5.82 Å². The molecule has 0 bridgehead atoms. The van der Waals surface area contributed by atoms with Gasteiger partial charge in [-0.2, -0.15) is 5.10 Å². The highest BCUT2D eigenvalue weighted by Crippen LogP contribution is 2.27. The maximum Gasteiger partial charge on any atom is 0.257 e. The Labute approximate surface area is 150 Å². The summed E-state index contributed by atoms with van der Waals surface area (Å²) >= 11 is 0. The van der Waals surface area contributed by atoms with E-state index in [0.29, 0.717) is 17.1 Å². The second-order valence-electron chi connectivity index (χ2n) is 6.45. The molecule has 6 heteroatoms. The molecule has 0 aliphatic rings. The van der Waals surface area contributed by atoms with Gasteiger partial charge in [0.05, 0.1) is 16.8 Å². The number of para-hydroxylation sites is 2. The number of nitrogens with one attached hydrogen (secondary N) is 3. The van der Waals surface area contributed by atoms with Crippen LogP contribution in [-0.2, 0) is 0 Å². The van der Waals surface area contributed by atoms with Gasteiger partial charge >= 0.3 is 0 Å². The molecule has 0 saturated carbocycles. The molecule has 0 radical (unpaired) electrons. The van der Waals surface area contributed by atoms with Crippen LogP contribution in [0.3, 0.4) is 0 Å². The molecule has 130 valence electrons. The molecular formula is C20H19N5O. The van der Waals surface area contributed by atoms with Gasteiger partial charge in [-0.05, 0) is 24.3 Å². The Kier molecular flexibility index (Phi) is 4.01. The number of anilines is 1. The molecule has 2 aromatic carbocycles. The van der Waals surface area contributed by atoms with Crippen LogP contribution in [0.2, 0.25) is 0 Å². The van der Waals surface area contributed by atoms with Gasteiger partial charge in [0.1, 0.15) is 5.82 Å². The third-order valence-electron chi connectivity index (χ3n) is 4.30. The third-order valence-corrected chi connectivity index (χ3v) is 4.30. The number of aromatic amines is 2. The minimum atomic E-state index is -0.176. The van der Waals surface area contributed by atoms with E-state index in [1.54, 1.807) is 6.07 Å². The van der Waals surface area contributed by atoms with Crippen LogP contribution in [0.1, 0.15) is 35.9 Å². The van der Waals surface area contributed by atoms with Crippen LogP contribution in [0.5, 0.6) is 0 Å². The summed E-state index contributed by atoms with van der Waals surface area (Å²) < 4.78 is 0. The maximum atomic E-state index is 12.8. The number of benzene rings is 2. The van der Waals surface area contributed by atoms with Crippen molar-refractivity contribution in [2.24, 2.45) is 0 Å². The fourth-order valence-electron chi connectivity index (χ4n) is 2.90. The Bertz CT molecular complexity index is 1080. The lowest BCUT2D eigenvalue weighted by Gasteiger charge is -2.09. The molecule has 6 nitrogen and oxygen atoms in total. The summed E-state index contributed by atoms with van der Waals surface area (Å²) in [6, 6.07) is 15.1. The van der Waals surface area contributed by atoms with Crippen LogP contribution < -0.4 is 5.32 Å². The number of aromatic nitrogens is 4. The third kappa shape index (κ3) is 2.86. The summed E-state index contributed by atoms with van der Waals surface area (Å²) in [7, 11) is 0. The Morgan fingerprint density at radius 2 is 1.92 bits per heavy atom. The lowest BCUT2D eigenvalue weighted by molar-refractivity contribution is 0.102. The van der Waals surface area contributed by atoms with Gasteiger partial charge in [-0.3, -0.25) is 9.89 Å². The molecule has 4 aromatic rings. The van der Waals surface area contributed by atoms with Gasteiger partial charge in [0, 0.05) is 23.1 Å². The molecule has 1 amide bonds. The first-order valence-electron chi connectivity index (χ1n) is 8.52. The minimum absolute atomic E-state index is 0.176. The highest BCUT2D eigenvalue weighted by molar-refractivity contribution is 6.12. The first-order valence-corrected chi connectivity index (χ1v) is 8.52. The topological polar surface area (TPSA) is 86.5 Å². The molecule has 4 rings (SSSR count). The fraction of sp³-hybridized carbons (Fsp3) is 0.150. The van der Waals surface area contributed by atoms with E-state index in [1.165, 1.54) is 0 Å². The van der Waals surface area contributed by atoms with Crippen LogP contribution in [0, 0.1) is 0 Å². The quantitative estimate of drug-likeness (QED) is 0.514. The van der Waals surface area contributed by atoms with Gasteiger partial charge in [0.2, 0.25) is 0 Å². The number of carbonyl (C=O) groups excluding carboxylic acids is 1. The number of hydrogen-bond acceptors (Lipinski definition) is 3. The largest absolute Gasteiger partial charge is 0.361 e. The van der Waals surface area contributed by atoms with Crippen molar-refractivity contribution < 1.29 is 4.79 Å². The zero-order valence-electron chi connectivity index (χ0n) is 14.6. The van der Waals surface area contributed by atoms with Crippen molar-refractivity contribution in [2.75, 3.05) is 5.32 Å². The van der Waals surface area contributed by atoms with Gasteiger partial charge in [-0.15, -0.1) is 0 Å². The summed E-state index contributed by atoms with van der Waals surface area (Å²) in [4.78, 5) is 20.5. The van der Waals surface area contributed by atoms with E-state index >= 15 is 0 Å². The zero-order valence-corrected chi connectivity index (χ0v) is 14.6. The molecule has 3 N–H and O–H groups in total. The van der Waals surface area contributed by atoms with Crippen molar-refractivity contribution in [3.63, 3.8) is 0 Å². The van der Waals surface area contributed by atoms with Gasteiger partial charge < -0.3 is 10.3 Å². The summed E-state index contributed by atoms with van der Waals surface area (Å²) in [5.41, 5.74) is 2.88. The molecule has 26 heavy (non-hydrogen) atoms. The Balaban J connectivity index is 1.68. The summed E-state index contributed by atoms with van der Waals surface area (Å²) in [6.07, 6.45) is 1.83. The molecule has 0 fully saturated rings.